The summed E-state index contributed by atoms with van der Waals surface area (Å²) in [5, 5.41) is 8.86. The van der Waals surface area contributed by atoms with Gasteiger partial charge in [0, 0.05) is 12.7 Å². The summed E-state index contributed by atoms with van der Waals surface area (Å²) in [5.74, 6) is 0.532. The summed E-state index contributed by atoms with van der Waals surface area (Å²) in [6.07, 6.45) is 4.07. The quantitative estimate of drug-likeness (QED) is 0.839. The van der Waals surface area contributed by atoms with Crippen molar-refractivity contribution < 1.29 is 0 Å². The number of nitrogens with zero attached hydrogens (tertiary/aromatic N) is 3. The highest BCUT2D eigenvalue weighted by Gasteiger charge is 2.20. The van der Waals surface area contributed by atoms with Gasteiger partial charge in [0.2, 0.25) is 0 Å². The first-order valence-corrected chi connectivity index (χ1v) is 6.55. The topological polar surface area (TPSA) is 68.8 Å². The molecular weight excluding hydrogens is 318 g/mol. The summed E-state index contributed by atoms with van der Waals surface area (Å²) >= 11 is 3.46. The highest BCUT2D eigenvalue weighted by molar-refractivity contribution is 9.10. The van der Waals surface area contributed by atoms with Gasteiger partial charge in [-0.1, -0.05) is 0 Å². The molecule has 0 amide bonds. The van der Waals surface area contributed by atoms with Crippen molar-refractivity contribution >= 4 is 45.1 Å². The number of hydrogen-bond donors (Lipinski definition) is 2. The normalized spacial score (nSPS) is 19.7. The smallest absolute Gasteiger partial charge is 0.139 e. The number of rotatable bonds is 1. The molecular formula is C11H15BrClN5. The molecule has 2 aromatic rings. The van der Waals surface area contributed by atoms with Crippen LogP contribution < -0.4 is 11.1 Å². The fraction of sp³-hybridized carbons (Fsp3) is 0.455. The summed E-state index contributed by atoms with van der Waals surface area (Å²) in [6.45, 7) is 2.06. The number of piperidine rings is 1. The highest BCUT2D eigenvalue weighted by atomic mass is 79.9. The van der Waals surface area contributed by atoms with Crippen LogP contribution in [0.5, 0.6) is 0 Å². The van der Waals surface area contributed by atoms with Crippen molar-refractivity contribution in [3.8, 4) is 0 Å². The summed E-state index contributed by atoms with van der Waals surface area (Å²) < 4.78 is 2.84. The van der Waals surface area contributed by atoms with E-state index in [2.05, 4.69) is 36.0 Å². The van der Waals surface area contributed by atoms with E-state index in [4.69, 9.17) is 5.73 Å². The molecule has 1 atom stereocenters. The highest BCUT2D eigenvalue weighted by Crippen LogP contribution is 2.30. The lowest BCUT2D eigenvalue weighted by Gasteiger charge is -2.23. The third-order valence-corrected chi connectivity index (χ3v) is 3.78. The van der Waals surface area contributed by atoms with Crippen molar-refractivity contribution in [1.29, 1.82) is 0 Å². The molecule has 1 saturated heterocycles. The Labute approximate surface area is 120 Å². The SMILES string of the molecule is Cl.Nc1nccc2c1c(Br)nn2C1CCCNC1. The second-order valence-corrected chi connectivity index (χ2v) is 5.08. The van der Waals surface area contributed by atoms with E-state index in [0.717, 1.165) is 35.0 Å². The number of nitrogen functional groups attached to an aromatic ring is 1. The van der Waals surface area contributed by atoms with Crippen molar-refractivity contribution in [2.24, 2.45) is 0 Å². The van der Waals surface area contributed by atoms with Crippen molar-refractivity contribution in [3.05, 3.63) is 16.9 Å². The minimum atomic E-state index is 0. The van der Waals surface area contributed by atoms with Gasteiger partial charge >= 0.3 is 0 Å². The molecule has 2 aromatic heterocycles. The first-order valence-electron chi connectivity index (χ1n) is 5.76. The van der Waals surface area contributed by atoms with Crippen LogP contribution in [-0.4, -0.2) is 27.9 Å². The largest absolute Gasteiger partial charge is 0.383 e. The number of anilines is 1. The Hall–Kier alpha value is -0.850. The Morgan fingerprint density at radius 2 is 2.33 bits per heavy atom. The van der Waals surface area contributed by atoms with Crippen LogP contribution in [-0.2, 0) is 0 Å². The second kappa shape index (κ2) is 5.42. The standard InChI is InChI=1S/C11H14BrN5.ClH/c12-10-9-8(3-5-15-11(9)13)17(16-10)7-2-1-4-14-6-7;/h3,5,7,14H,1-2,4,6H2,(H2,13,15);1H. The molecule has 98 valence electrons. The van der Waals surface area contributed by atoms with Crippen LogP contribution >= 0.6 is 28.3 Å². The fourth-order valence-electron chi connectivity index (χ4n) is 2.39. The van der Waals surface area contributed by atoms with Gasteiger partial charge in [-0.05, 0) is 41.4 Å². The number of fused-ring (bicyclic) bond motifs is 1. The zero-order valence-electron chi connectivity index (χ0n) is 9.77. The average Bonchev–Trinajstić information content (AvgIpc) is 2.69. The molecule has 1 aliphatic heterocycles. The monoisotopic (exact) mass is 331 g/mol. The molecule has 3 rings (SSSR count). The van der Waals surface area contributed by atoms with Crippen molar-refractivity contribution in [1.82, 2.24) is 20.1 Å². The van der Waals surface area contributed by atoms with E-state index < -0.39 is 0 Å². The van der Waals surface area contributed by atoms with E-state index in [-0.39, 0.29) is 12.4 Å². The predicted molar refractivity (Wildman–Crippen MR) is 78.0 cm³/mol. The van der Waals surface area contributed by atoms with Crippen LogP contribution in [0, 0.1) is 0 Å². The molecule has 0 radical (unpaired) electrons. The zero-order valence-corrected chi connectivity index (χ0v) is 12.2. The molecule has 0 spiro atoms. The van der Waals surface area contributed by atoms with Gasteiger partial charge in [-0.3, -0.25) is 4.68 Å². The molecule has 1 fully saturated rings. The maximum atomic E-state index is 5.89. The van der Waals surface area contributed by atoms with Crippen molar-refractivity contribution in [2.75, 3.05) is 18.8 Å². The van der Waals surface area contributed by atoms with Gasteiger partial charge in [0.25, 0.3) is 0 Å². The predicted octanol–water partition coefficient (Wildman–Crippen LogP) is 2.12. The van der Waals surface area contributed by atoms with E-state index in [0.29, 0.717) is 11.9 Å². The number of hydrogen-bond acceptors (Lipinski definition) is 4. The van der Waals surface area contributed by atoms with Crippen molar-refractivity contribution in [2.45, 2.75) is 18.9 Å². The van der Waals surface area contributed by atoms with Crippen LogP contribution in [0.2, 0.25) is 0 Å². The van der Waals surface area contributed by atoms with Gasteiger partial charge in [0.1, 0.15) is 10.4 Å². The molecule has 0 aliphatic carbocycles. The Morgan fingerprint density at radius 1 is 1.50 bits per heavy atom. The zero-order chi connectivity index (χ0) is 11.8. The molecule has 3 N–H and O–H groups in total. The Morgan fingerprint density at radius 3 is 3.06 bits per heavy atom. The van der Waals surface area contributed by atoms with Gasteiger partial charge in [-0.15, -0.1) is 12.4 Å². The summed E-state index contributed by atoms with van der Waals surface area (Å²) in [5.41, 5.74) is 6.94. The molecule has 1 unspecified atom stereocenters. The number of halogens is 2. The van der Waals surface area contributed by atoms with Crippen molar-refractivity contribution in [3.63, 3.8) is 0 Å². The first-order chi connectivity index (χ1) is 8.27. The van der Waals surface area contributed by atoms with E-state index >= 15 is 0 Å². The summed E-state index contributed by atoms with van der Waals surface area (Å²) in [7, 11) is 0. The maximum Gasteiger partial charge on any atom is 0.139 e. The molecule has 0 saturated carbocycles. The lowest BCUT2D eigenvalue weighted by molar-refractivity contribution is 0.354. The van der Waals surface area contributed by atoms with Crippen LogP contribution in [0.4, 0.5) is 5.82 Å². The lowest BCUT2D eigenvalue weighted by atomic mass is 10.1. The second-order valence-electron chi connectivity index (χ2n) is 4.33. The van der Waals surface area contributed by atoms with Gasteiger partial charge in [0.15, 0.2) is 0 Å². The van der Waals surface area contributed by atoms with Crippen LogP contribution in [0.15, 0.2) is 16.9 Å². The van der Waals surface area contributed by atoms with E-state index in [1.165, 1.54) is 6.42 Å². The molecule has 0 bridgehead atoms. The Kier molecular flexibility index (Phi) is 4.09. The van der Waals surface area contributed by atoms with Crippen LogP contribution in [0.3, 0.4) is 0 Å². The van der Waals surface area contributed by atoms with Crippen LogP contribution in [0.25, 0.3) is 10.9 Å². The number of nitrogens with two attached hydrogens (primary N) is 1. The maximum absolute atomic E-state index is 5.89. The Bertz CT molecular complexity index is 550. The molecule has 3 heterocycles. The molecule has 7 heteroatoms. The molecule has 5 nitrogen and oxygen atoms in total. The summed E-state index contributed by atoms with van der Waals surface area (Å²) in [6, 6.07) is 2.37. The number of nitrogens with one attached hydrogen (secondary N) is 1. The molecule has 0 aromatic carbocycles. The Balaban J connectivity index is 0.00000120. The van der Waals surface area contributed by atoms with Crippen LogP contribution in [0.1, 0.15) is 18.9 Å². The minimum absolute atomic E-state index is 0. The summed E-state index contributed by atoms with van der Waals surface area (Å²) in [4.78, 5) is 4.11. The molecule has 18 heavy (non-hydrogen) atoms. The van der Waals surface area contributed by atoms with Gasteiger partial charge < -0.3 is 11.1 Å². The van der Waals surface area contributed by atoms with Gasteiger partial charge in [-0.25, -0.2) is 4.98 Å². The number of pyridine rings is 1. The molecule has 1 aliphatic rings. The van der Waals surface area contributed by atoms with E-state index in [9.17, 15) is 0 Å². The van der Waals surface area contributed by atoms with Gasteiger partial charge in [0.05, 0.1) is 16.9 Å². The fourth-order valence-corrected chi connectivity index (χ4v) is 2.97. The lowest BCUT2D eigenvalue weighted by Crippen LogP contribution is -2.32. The first kappa shape index (κ1) is 13.6. The minimum Gasteiger partial charge on any atom is -0.383 e. The van der Waals surface area contributed by atoms with Gasteiger partial charge in [-0.2, -0.15) is 5.10 Å². The third-order valence-electron chi connectivity index (χ3n) is 3.22. The third kappa shape index (κ3) is 2.20. The average molecular weight is 333 g/mol. The van der Waals surface area contributed by atoms with E-state index in [1.807, 2.05) is 6.07 Å². The number of aromatic nitrogens is 3. The van der Waals surface area contributed by atoms with E-state index in [1.54, 1.807) is 6.20 Å².